The molecule has 0 radical (unpaired) electrons. The van der Waals surface area contributed by atoms with Gasteiger partial charge in [-0.05, 0) is 49.6 Å². The molecule has 1 atom stereocenters. The normalized spacial score (nSPS) is 16.3. The number of nitrogens with two attached hydrogens (primary N) is 1. The number of piperidine rings is 1. The maximum atomic E-state index is 12.2. The summed E-state index contributed by atoms with van der Waals surface area (Å²) in [7, 11) is 0. The van der Waals surface area contributed by atoms with Crippen molar-refractivity contribution < 1.29 is 19.4 Å². The van der Waals surface area contributed by atoms with Crippen LogP contribution in [-0.4, -0.2) is 67.6 Å². The zero-order valence-electron chi connectivity index (χ0n) is 21.0. The molecule has 194 valence electrons. The highest BCUT2D eigenvalue weighted by atomic mass is 16.5. The van der Waals surface area contributed by atoms with Crippen LogP contribution in [0.3, 0.4) is 0 Å². The van der Waals surface area contributed by atoms with E-state index in [1.165, 1.54) is 17.0 Å². The van der Waals surface area contributed by atoms with Crippen molar-refractivity contribution in [1.29, 1.82) is 0 Å². The van der Waals surface area contributed by atoms with Gasteiger partial charge in [0.25, 0.3) is 5.91 Å². The molecule has 1 aromatic carbocycles. The molecular formula is C28H28N6O4. The van der Waals surface area contributed by atoms with Crippen LogP contribution in [0.15, 0.2) is 42.7 Å². The van der Waals surface area contributed by atoms with Crippen molar-refractivity contribution in [3.63, 3.8) is 0 Å². The number of hydrogen-bond acceptors (Lipinski definition) is 8. The lowest BCUT2D eigenvalue weighted by atomic mass is 9.90. The number of anilines is 1. The fraction of sp³-hybridized carbons (Fsp3) is 0.321. The molecule has 3 N–H and O–H groups in total. The van der Waals surface area contributed by atoms with E-state index in [1.54, 1.807) is 17.3 Å². The van der Waals surface area contributed by atoms with E-state index < -0.39 is 6.10 Å². The molecule has 10 heteroatoms. The smallest absolute Gasteiger partial charge is 0.251 e. The minimum Gasteiger partial charge on any atom is -0.493 e. The molecule has 3 aromatic heterocycles. The van der Waals surface area contributed by atoms with E-state index >= 15 is 0 Å². The number of nitrogen functional groups attached to an aromatic ring is 1. The lowest BCUT2D eigenvalue weighted by Crippen LogP contribution is -2.42. The second-order valence-electron chi connectivity index (χ2n) is 9.84. The van der Waals surface area contributed by atoms with Gasteiger partial charge in [0.05, 0.1) is 29.8 Å². The van der Waals surface area contributed by atoms with Crippen LogP contribution in [0, 0.1) is 0 Å². The summed E-state index contributed by atoms with van der Waals surface area (Å²) >= 11 is 0. The average molecular weight is 513 g/mol. The maximum Gasteiger partial charge on any atom is 0.251 e. The Balaban J connectivity index is 1.32. The Morgan fingerprint density at radius 2 is 1.97 bits per heavy atom. The standard InChI is InChI=1S/C28H28N6O4/c1-16(36)28(37)33-9-6-17(7-10-33)25-22(15-35)26(29)34-27(32-25)21(14-31-34)20-2-4-23(30-13-20)18-3-5-24-19(12-18)8-11-38-24/h2-5,12-17,36H,6-11,29H2,1H3/t16-/m1/s1. The summed E-state index contributed by atoms with van der Waals surface area (Å²) in [5, 5.41) is 14.1. The van der Waals surface area contributed by atoms with Gasteiger partial charge in [-0.15, -0.1) is 0 Å². The first-order chi connectivity index (χ1) is 18.4. The third-order valence-electron chi connectivity index (χ3n) is 7.48. The number of aromatic nitrogens is 4. The SMILES string of the molecule is C[C@@H](O)C(=O)N1CCC(c2nc3c(-c4ccc(-c5ccc6c(c5)CCO6)nc4)cnn3c(N)c2C=O)CC1. The number of amides is 1. The number of nitrogens with zero attached hydrogens (tertiary/aromatic N) is 5. The summed E-state index contributed by atoms with van der Waals surface area (Å²) in [4.78, 5) is 35.5. The molecule has 5 heterocycles. The van der Waals surface area contributed by atoms with Crippen molar-refractivity contribution in [2.75, 3.05) is 25.4 Å². The third kappa shape index (κ3) is 4.06. The van der Waals surface area contributed by atoms with Gasteiger partial charge < -0.3 is 20.5 Å². The molecule has 0 unspecified atom stereocenters. The van der Waals surface area contributed by atoms with Crippen LogP contribution >= 0.6 is 0 Å². The molecular weight excluding hydrogens is 484 g/mol. The molecule has 0 bridgehead atoms. The van der Waals surface area contributed by atoms with Crippen molar-refractivity contribution in [3.8, 4) is 28.1 Å². The zero-order valence-corrected chi connectivity index (χ0v) is 21.0. The molecule has 6 rings (SSSR count). The third-order valence-corrected chi connectivity index (χ3v) is 7.48. The summed E-state index contributed by atoms with van der Waals surface area (Å²) in [6, 6.07) is 10.1. The summed E-state index contributed by atoms with van der Waals surface area (Å²) in [6.07, 6.45) is 5.31. The minimum absolute atomic E-state index is 0.0485. The van der Waals surface area contributed by atoms with Crippen molar-refractivity contribution in [3.05, 3.63) is 59.5 Å². The Hall–Kier alpha value is -4.31. The van der Waals surface area contributed by atoms with Gasteiger partial charge in [-0.3, -0.25) is 14.6 Å². The average Bonchev–Trinajstić information content (AvgIpc) is 3.59. The number of carbonyl (C=O) groups excluding carboxylic acids is 2. The summed E-state index contributed by atoms with van der Waals surface area (Å²) in [5.41, 5.74) is 12.6. The molecule has 10 nitrogen and oxygen atoms in total. The molecule has 4 aromatic rings. The van der Waals surface area contributed by atoms with Gasteiger partial charge in [0.15, 0.2) is 11.9 Å². The number of benzene rings is 1. The Kier molecular flexibility index (Phi) is 6.03. The lowest BCUT2D eigenvalue weighted by Gasteiger charge is -2.33. The lowest BCUT2D eigenvalue weighted by molar-refractivity contribution is -0.140. The van der Waals surface area contributed by atoms with Crippen LogP contribution in [0.25, 0.3) is 28.0 Å². The molecule has 1 amide bonds. The number of fused-ring (bicyclic) bond motifs is 2. The van der Waals surface area contributed by atoms with Gasteiger partial charge in [-0.1, -0.05) is 6.07 Å². The quantitative estimate of drug-likeness (QED) is 0.390. The Labute approximate surface area is 219 Å². The van der Waals surface area contributed by atoms with Gasteiger partial charge in [0.1, 0.15) is 17.7 Å². The fourth-order valence-electron chi connectivity index (χ4n) is 5.39. The van der Waals surface area contributed by atoms with Crippen LogP contribution in [0.5, 0.6) is 5.75 Å². The summed E-state index contributed by atoms with van der Waals surface area (Å²) < 4.78 is 7.10. The van der Waals surface area contributed by atoms with E-state index in [9.17, 15) is 14.7 Å². The van der Waals surface area contributed by atoms with Crippen molar-refractivity contribution in [2.45, 2.75) is 38.2 Å². The first-order valence-corrected chi connectivity index (χ1v) is 12.8. The number of hydrogen-bond donors (Lipinski definition) is 2. The summed E-state index contributed by atoms with van der Waals surface area (Å²) in [5.74, 6) is 0.835. The number of aldehydes is 1. The largest absolute Gasteiger partial charge is 0.493 e. The van der Waals surface area contributed by atoms with Crippen molar-refractivity contribution >= 4 is 23.7 Å². The number of pyridine rings is 1. The Bertz CT molecular complexity index is 1540. The van der Waals surface area contributed by atoms with Crippen LogP contribution in [0.1, 0.15) is 47.3 Å². The fourth-order valence-corrected chi connectivity index (χ4v) is 5.39. The molecule has 0 saturated carbocycles. The predicted octanol–water partition coefficient (Wildman–Crippen LogP) is 2.87. The molecule has 0 aliphatic carbocycles. The number of aliphatic hydroxyl groups excluding tert-OH is 1. The first kappa shape index (κ1) is 24.1. The van der Waals surface area contributed by atoms with Gasteiger partial charge in [-0.25, -0.2) is 4.98 Å². The van der Waals surface area contributed by atoms with E-state index in [1.807, 2.05) is 24.3 Å². The second-order valence-corrected chi connectivity index (χ2v) is 9.84. The Morgan fingerprint density at radius 3 is 2.68 bits per heavy atom. The van der Waals surface area contributed by atoms with Crippen molar-refractivity contribution in [1.82, 2.24) is 24.5 Å². The minimum atomic E-state index is -1.03. The number of carbonyl (C=O) groups is 2. The molecule has 38 heavy (non-hydrogen) atoms. The predicted molar refractivity (Wildman–Crippen MR) is 141 cm³/mol. The first-order valence-electron chi connectivity index (χ1n) is 12.8. The highest BCUT2D eigenvalue weighted by Gasteiger charge is 2.30. The van der Waals surface area contributed by atoms with Gasteiger partial charge in [-0.2, -0.15) is 9.61 Å². The van der Waals surface area contributed by atoms with E-state index in [0.717, 1.165) is 40.8 Å². The summed E-state index contributed by atoms with van der Waals surface area (Å²) in [6.45, 7) is 3.14. The number of aliphatic hydroxyl groups is 1. The molecule has 2 aliphatic heterocycles. The van der Waals surface area contributed by atoms with Gasteiger partial charge >= 0.3 is 0 Å². The zero-order chi connectivity index (χ0) is 26.4. The van der Waals surface area contributed by atoms with Crippen LogP contribution < -0.4 is 10.5 Å². The molecule has 1 fully saturated rings. The number of likely N-dealkylation sites (tertiary alicyclic amines) is 1. The number of rotatable bonds is 5. The van der Waals surface area contributed by atoms with E-state index in [-0.39, 0.29) is 17.6 Å². The van der Waals surface area contributed by atoms with Crippen LogP contribution in [-0.2, 0) is 11.2 Å². The highest BCUT2D eigenvalue weighted by Crippen LogP contribution is 2.35. The topological polar surface area (TPSA) is 136 Å². The van der Waals surface area contributed by atoms with Gasteiger partial charge in [0, 0.05) is 48.3 Å². The van der Waals surface area contributed by atoms with E-state index in [4.69, 9.17) is 20.4 Å². The second kappa shape index (κ2) is 9.53. The van der Waals surface area contributed by atoms with Crippen LogP contribution in [0.2, 0.25) is 0 Å². The Morgan fingerprint density at radius 1 is 1.18 bits per heavy atom. The monoisotopic (exact) mass is 512 g/mol. The van der Waals surface area contributed by atoms with Gasteiger partial charge in [0.2, 0.25) is 0 Å². The molecule has 1 saturated heterocycles. The highest BCUT2D eigenvalue weighted by molar-refractivity contribution is 5.87. The maximum absolute atomic E-state index is 12.2. The molecule has 2 aliphatic rings. The number of ether oxygens (including phenoxy) is 1. The van der Waals surface area contributed by atoms with Crippen LogP contribution in [0.4, 0.5) is 5.82 Å². The molecule has 0 spiro atoms. The van der Waals surface area contributed by atoms with E-state index in [0.29, 0.717) is 49.4 Å². The van der Waals surface area contributed by atoms with Crippen molar-refractivity contribution in [2.24, 2.45) is 0 Å². The van der Waals surface area contributed by atoms with E-state index in [2.05, 4.69) is 11.2 Å².